The zero-order valence-corrected chi connectivity index (χ0v) is 28.4. The Morgan fingerprint density at radius 1 is 1.07 bits per heavy atom. The zero-order chi connectivity index (χ0) is 32.6. The summed E-state index contributed by atoms with van der Waals surface area (Å²) < 4.78 is 30.2. The minimum absolute atomic E-state index is 0.0324. The van der Waals surface area contributed by atoms with Crippen LogP contribution in [0.2, 0.25) is 0 Å². The van der Waals surface area contributed by atoms with E-state index >= 15 is 0 Å². The fourth-order valence-corrected chi connectivity index (χ4v) is 8.03. The van der Waals surface area contributed by atoms with Crippen LogP contribution in [0.25, 0.3) is 10.2 Å². The van der Waals surface area contributed by atoms with Gasteiger partial charge in [-0.1, -0.05) is 64.4 Å². The minimum Gasteiger partial charge on any atom is -0.390 e. The van der Waals surface area contributed by atoms with Gasteiger partial charge >= 0.3 is 0 Å². The summed E-state index contributed by atoms with van der Waals surface area (Å²) in [6.45, 7) is 9.51. The highest BCUT2D eigenvalue weighted by Crippen LogP contribution is 2.26. The molecular weight excluding hydrogens is 611 g/mol. The number of carbonyl (C=O) groups excluding carboxylic acids is 2. The Morgan fingerprint density at radius 2 is 1.78 bits per heavy atom. The highest BCUT2D eigenvalue weighted by atomic mass is 32.2. The third-order valence-electron chi connectivity index (χ3n) is 8.26. The molecule has 45 heavy (non-hydrogen) atoms. The fourth-order valence-electron chi connectivity index (χ4n) is 5.59. The van der Waals surface area contributed by atoms with Gasteiger partial charge in [0.2, 0.25) is 15.9 Å². The van der Waals surface area contributed by atoms with Crippen LogP contribution >= 0.6 is 11.3 Å². The van der Waals surface area contributed by atoms with Crippen molar-refractivity contribution in [2.24, 2.45) is 11.8 Å². The van der Waals surface area contributed by atoms with Gasteiger partial charge < -0.3 is 5.11 Å². The van der Waals surface area contributed by atoms with Gasteiger partial charge in [0.15, 0.2) is 0 Å². The molecule has 1 aliphatic heterocycles. The van der Waals surface area contributed by atoms with Gasteiger partial charge in [-0.2, -0.15) is 4.31 Å². The van der Waals surface area contributed by atoms with Crippen molar-refractivity contribution >= 4 is 43.4 Å². The third kappa shape index (κ3) is 9.55. The highest BCUT2D eigenvalue weighted by molar-refractivity contribution is 7.89. The second kappa shape index (κ2) is 16.1. The lowest BCUT2D eigenvalue weighted by atomic mass is 9.98. The SMILES string of the molecule is CC[C@H](C)CC(=O)N(NC(=O)CN1CCCC1)[C@@H](Cc1ccccc1)[C@H](O)CN(CC(C)C)S(=O)(=O)c1ccc2ncsc2c1. The fraction of sp³-hybridized carbons (Fsp3) is 0.545. The average Bonchev–Trinajstić information content (AvgIpc) is 3.70. The summed E-state index contributed by atoms with van der Waals surface area (Å²) in [5.41, 5.74) is 6.09. The Labute approximate surface area is 271 Å². The molecule has 1 saturated heterocycles. The van der Waals surface area contributed by atoms with E-state index in [9.17, 15) is 23.1 Å². The van der Waals surface area contributed by atoms with Crippen LogP contribution in [0.5, 0.6) is 0 Å². The number of aliphatic hydroxyl groups is 1. The maximum absolute atomic E-state index is 14.1. The van der Waals surface area contributed by atoms with Gasteiger partial charge in [-0.25, -0.2) is 18.4 Å². The molecule has 12 heteroatoms. The standard InChI is InChI=1S/C33H47N5O5S2/c1-5-25(4)17-33(41)38(35-32(40)22-36-15-9-10-16-36)29(18-26-11-7-6-8-12-26)30(39)21-37(20-24(2)3)45(42,43)27-13-14-28-31(19-27)44-23-34-28/h6-8,11-14,19,23-25,29-30,39H,5,9-10,15-18,20-22H2,1-4H3,(H,35,40)/t25-,29-,30+/m0/s1. The number of carbonyl (C=O) groups is 2. The molecular formula is C33H47N5O5S2. The van der Waals surface area contributed by atoms with Crippen LogP contribution in [0.15, 0.2) is 58.9 Å². The number of hydrogen-bond acceptors (Lipinski definition) is 8. The molecule has 1 aromatic heterocycles. The Kier molecular flexibility index (Phi) is 12.5. The van der Waals surface area contributed by atoms with Crippen molar-refractivity contribution in [2.45, 2.75) is 76.8 Å². The molecule has 1 aliphatic rings. The van der Waals surface area contributed by atoms with Gasteiger partial charge in [0.1, 0.15) is 0 Å². The van der Waals surface area contributed by atoms with E-state index in [4.69, 9.17) is 0 Å². The Balaban J connectivity index is 1.68. The summed E-state index contributed by atoms with van der Waals surface area (Å²) in [7, 11) is -4.02. The number of hydrogen-bond donors (Lipinski definition) is 2. The number of hydrazine groups is 1. The predicted octanol–water partition coefficient (Wildman–Crippen LogP) is 4.31. The first kappa shape index (κ1) is 35.0. The Hall–Kier alpha value is -2.90. The maximum Gasteiger partial charge on any atom is 0.252 e. The Morgan fingerprint density at radius 3 is 2.44 bits per heavy atom. The predicted molar refractivity (Wildman–Crippen MR) is 178 cm³/mol. The maximum atomic E-state index is 14.1. The molecule has 0 aliphatic carbocycles. The van der Waals surface area contributed by atoms with Crippen molar-refractivity contribution in [3.05, 3.63) is 59.6 Å². The van der Waals surface area contributed by atoms with Crippen LogP contribution in [0.4, 0.5) is 0 Å². The van der Waals surface area contributed by atoms with Crippen molar-refractivity contribution in [3.63, 3.8) is 0 Å². The van der Waals surface area contributed by atoms with Gasteiger partial charge in [-0.3, -0.25) is 19.9 Å². The number of rotatable bonds is 15. The molecule has 4 rings (SSSR count). The van der Waals surface area contributed by atoms with Gasteiger partial charge in [-0.15, -0.1) is 11.3 Å². The van der Waals surface area contributed by atoms with Crippen molar-refractivity contribution in [3.8, 4) is 0 Å². The van der Waals surface area contributed by atoms with E-state index in [1.807, 2.05) is 62.9 Å². The second-order valence-electron chi connectivity index (χ2n) is 12.5. The van der Waals surface area contributed by atoms with Gasteiger partial charge in [-0.05, 0) is 68.0 Å². The molecule has 2 N–H and O–H groups in total. The molecule has 0 bridgehead atoms. The summed E-state index contributed by atoms with van der Waals surface area (Å²) >= 11 is 1.36. The lowest BCUT2D eigenvalue weighted by Gasteiger charge is -2.37. The molecule has 2 amide bonds. The van der Waals surface area contributed by atoms with Crippen molar-refractivity contribution in [2.75, 3.05) is 32.7 Å². The van der Waals surface area contributed by atoms with E-state index < -0.39 is 22.2 Å². The largest absolute Gasteiger partial charge is 0.390 e. The first-order valence-corrected chi connectivity index (χ1v) is 18.2. The van der Waals surface area contributed by atoms with Crippen LogP contribution < -0.4 is 5.43 Å². The number of nitrogens with one attached hydrogen (secondary N) is 1. The first-order valence-electron chi connectivity index (χ1n) is 15.9. The molecule has 0 spiro atoms. The summed E-state index contributed by atoms with van der Waals surface area (Å²) in [5.74, 6) is -0.614. The van der Waals surface area contributed by atoms with Crippen LogP contribution in [-0.2, 0) is 26.0 Å². The minimum atomic E-state index is -4.02. The van der Waals surface area contributed by atoms with E-state index in [-0.39, 0.29) is 61.0 Å². The molecule has 2 heterocycles. The molecule has 0 saturated carbocycles. The quantitative estimate of drug-likeness (QED) is 0.234. The molecule has 246 valence electrons. The van der Waals surface area contributed by atoms with E-state index in [1.165, 1.54) is 20.7 Å². The van der Waals surface area contributed by atoms with Gasteiger partial charge in [0.05, 0.1) is 39.3 Å². The number of sulfonamides is 1. The van der Waals surface area contributed by atoms with Crippen molar-refractivity contribution in [1.29, 1.82) is 0 Å². The molecule has 3 atom stereocenters. The number of amides is 2. The Bertz CT molecular complexity index is 1510. The number of benzene rings is 2. The number of aromatic nitrogens is 1. The van der Waals surface area contributed by atoms with E-state index in [0.717, 1.165) is 48.1 Å². The van der Waals surface area contributed by atoms with Gasteiger partial charge in [0.25, 0.3) is 5.91 Å². The van der Waals surface area contributed by atoms with E-state index in [1.54, 1.807) is 23.7 Å². The molecule has 0 unspecified atom stereocenters. The third-order valence-corrected chi connectivity index (χ3v) is 10.9. The smallest absolute Gasteiger partial charge is 0.252 e. The molecule has 3 aromatic rings. The van der Waals surface area contributed by atoms with Crippen LogP contribution in [0.1, 0.15) is 58.9 Å². The number of fused-ring (bicyclic) bond motifs is 1. The zero-order valence-electron chi connectivity index (χ0n) is 26.8. The monoisotopic (exact) mass is 657 g/mol. The first-order chi connectivity index (χ1) is 21.5. The van der Waals surface area contributed by atoms with E-state index in [0.29, 0.717) is 0 Å². The molecule has 2 aromatic carbocycles. The number of likely N-dealkylation sites (tertiary alicyclic amines) is 1. The average molecular weight is 658 g/mol. The summed E-state index contributed by atoms with van der Waals surface area (Å²) in [4.78, 5) is 33.6. The topological polar surface area (TPSA) is 123 Å². The second-order valence-corrected chi connectivity index (χ2v) is 15.3. The summed E-state index contributed by atoms with van der Waals surface area (Å²) in [6.07, 6.45) is 1.92. The molecule has 0 radical (unpaired) electrons. The van der Waals surface area contributed by atoms with Crippen molar-refractivity contribution < 1.29 is 23.1 Å². The van der Waals surface area contributed by atoms with Crippen LogP contribution in [0, 0.1) is 11.8 Å². The van der Waals surface area contributed by atoms with Crippen molar-refractivity contribution in [1.82, 2.24) is 24.6 Å². The lowest BCUT2D eigenvalue weighted by Crippen LogP contribution is -2.60. The van der Waals surface area contributed by atoms with Crippen LogP contribution in [-0.4, -0.2) is 89.4 Å². The lowest BCUT2D eigenvalue weighted by molar-refractivity contribution is -0.149. The highest BCUT2D eigenvalue weighted by Gasteiger charge is 2.36. The normalized spacial score (nSPS) is 16.2. The summed E-state index contributed by atoms with van der Waals surface area (Å²) in [5, 5.41) is 13.2. The number of aliphatic hydroxyl groups excluding tert-OH is 1. The number of thiazole rings is 1. The molecule has 1 fully saturated rings. The van der Waals surface area contributed by atoms with Crippen LogP contribution in [0.3, 0.4) is 0 Å². The summed E-state index contributed by atoms with van der Waals surface area (Å²) in [6, 6.07) is 13.4. The molecule has 10 nitrogen and oxygen atoms in total. The number of nitrogens with zero attached hydrogens (tertiary/aromatic N) is 4. The van der Waals surface area contributed by atoms with Gasteiger partial charge in [0, 0.05) is 19.5 Å². The van der Waals surface area contributed by atoms with E-state index in [2.05, 4.69) is 10.4 Å².